The highest BCUT2D eigenvalue weighted by Gasteiger charge is 2.24. The summed E-state index contributed by atoms with van der Waals surface area (Å²) in [6, 6.07) is 17.8. The predicted octanol–water partition coefficient (Wildman–Crippen LogP) is 4.37. The van der Waals surface area contributed by atoms with Crippen LogP contribution in [0.15, 0.2) is 59.0 Å². The summed E-state index contributed by atoms with van der Waals surface area (Å²) >= 11 is 0. The van der Waals surface area contributed by atoms with Crippen LogP contribution in [-0.4, -0.2) is 14.2 Å². The Morgan fingerprint density at radius 1 is 0.917 bits per heavy atom. The van der Waals surface area contributed by atoms with Crippen molar-refractivity contribution in [1.29, 1.82) is 0 Å². The predicted molar refractivity (Wildman–Crippen MR) is 94.8 cm³/mol. The van der Waals surface area contributed by atoms with Crippen molar-refractivity contribution >= 4 is 5.69 Å². The van der Waals surface area contributed by atoms with E-state index in [1.54, 1.807) is 20.3 Å². The van der Waals surface area contributed by atoms with Gasteiger partial charge in [0.1, 0.15) is 11.5 Å². The second kappa shape index (κ2) is 6.71. The number of anilines is 1. The quantitative estimate of drug-likeness (QED) is 0.708. The van der Waals surface area contributed by atoms with Crippen LogP contribution in [0.5, 0.6) is 11.5 Å². The van der Waals surface area contributed by atoms with Crippen LogP contribution in [0.2, 0.25) is 0 Å². The Labute approximate surface area is 141 Å². The van der Waals surface area contributed by atoms with Gasteiger partial charge in [-0.2, -0.15) is 0 Å². The molecule has 0 bridgehead atoms. The number of hydrogen-bond donors (Lipinski definition) is 1. The van der Waals surface area contributed by atoms with Crippen LogP contribution < -0.4 is 15.2 Å². The fourth-order valence-corrected chi connectivity index (χ4v) is 2.91. The van der Waals surface area contributed by atoms with E-state index in [9.17, 15) is 0 Å². The molecule has 2 aromatic carbocycles. The highest BCUT2D eigenvalue weighted by Crippen LogP contribution is 2.41. The standard InChI is InChI=1S/C20H21NO3/c1-13-9-10-17(24-13)20(14-7-5-4-6-8-14)15-11-18(22-2)19(23-3)12-16(15)21/h4-12,20H,21H2,1-3H3. The average molecular weight is 323 g/mol. The topological polar surface area (TPSA) is 57.6 Å². The Kier molecular flexibility index (Phi) is 4.47. The summed E-state index contributed by atoms with van der Waals surface area (Å²) in [5.74, 6) is 2.86. The number of hydrogen-bond acceptors (Lipinski definition) is 4. The van der Waals surface area contributed by atoms with Crippen LogP contribution in [-0.2, 0) is 0 Å². The summed E-state index contributed by atoms with van der Waals surface area (Å²) in [7, 11) is 3.22. The third kappa shape index (κ3) is 2.95. The smallest absolute Gasteiger partial charge is 0.162 e. The van der Waals surface area contributed by atoms with Gasteiger partial charge in [0, 0.05) is 11.8 Å². The fraction of sp³-hybridized carbons (Fsp3) is 0.200. The largest absolute Gasteiger partial charge is 0.493 e. The number of rotatable bonds is 5. The molecule has 1 aromatic heterocycles. The summed E-state index contributed by atoms with van der Waals surface area (Å²) in [6.45, 7) is 1.93. The van der Waals surface area contributed by atoms with Crippen molar-refractivity contribution in [2.24, 2.45) is 0 Å². The Balaban J connectivity index is 2.20. The van der Waals surface area contributed by atoms with E-state index in [1.165, 1.54) is 0 Å². The molecule has 3 rings (SSSR count). The number of ether oxygens (including phenoxy) is 2. The molecule has 1 heterocycles. The van der Waals surface area contributed by atoms with Crippen LogP contribution in [0.3, 0.4) is 0 Å². The van der Waals surface area contributed by atoms with E-state index in [1.807, 2.05) is 43.3 Å². The van der Waals surface area contributed by atoms with Crippen LogP contribution >= 0.6 is 0 Å². The molecule has 2 N–H and O–H groups in total. The van der Waals surface area contributed by atoms with Gasteiger partial charge in [-0.25, -0.2) is 0 Å². The van der Waals surface area contributed by atoms with E-state index in [2.05, 4.69) is 12.1 Å². The average Bonchev–Trinajstić information content (AvgIpc) is 3.03. The Morgan fingerprint density at radius 2 is 1.58 bits per heavy atom. The van der Waals surface area contributed by atoms with E-state index in [4.69, 9.17) is 19.6 Å². The lowest BCUT2D eigenvalue weighted by atomic mass is 9.88. The molecule has 0 saturated carbocycles. The van der Waals surface area contributed by atoms with Gasteiger partial charge < -0.3 is 19.6 Å². The zero-order valence-corrected chi connectivity index (χ0v) is 14.1. The lowest BCUT2D eigenvalue weighted by Gasteiger charge is -2.20. The summed E-state index contributed by atoms with van der Waals surface area (Å²) in [6.07, 6.45) is 0. The third-order valence-electron chi connectivity index (χ3n) is 4.08. The van der Waals surface area contributed by atoms with Crippen molar-refractivity contribution in [2.45, 2.75) is 12.8 Å². The number of benzene rings is 2. The molecule has 0 aliphatic carbocycles. The van der Waals surface area contributed by atoms with E-state index >= 15 is 0 Å². The van der Waals surface area contributed by atoms with Crippen LogP contribution in [0, 0.1) is 6.92 Å². The Hall–Kier alpha value is -2.88. The molecule has 0 amide bonds. The van der Waals surface area contributed by atoms with Crippen molar-refractivity contribution < 1.29 is 13.9 Å². The number of methoxy groups -OCH3 is 2. The second-order valence-electron chi connectivity index (χ2n) is 5.63. The lowest BCUT2D eigenvalue weighted by Crippen LogP contribution is -2.07. The van der Waals surface area contributed by atoms with Gasteiger partial charge in [-0.15, -0.1) is 0 Å². The van der Waals surface area contributed by atoms with Gasteiger partial charge in [0.2, 0.25) is 0 Å². The van der Waals surface area contributed by atoms with Crippen LogP contribution in [0.4, 0.5) is 5.69 Å². The molecule has 1 unspecified atom stereocenters. The van der Waals surface area contributed by atoms with Gasteiger partial charge in [0.15, 0.2) is 11.5 Å². The minimum absolute atomic E-state index is 0.111. The minimum atomic E-state index is -0.111. The first-order chi connectivity index (χ1) is 11.6. The number of furan rings is 1. The number of aryl methyl sites for hydroxylation is 1. The van der Waals surface area contributed by atoms with Crippen molar-refractivity contribution in [3.05, 3.63) is 77.2 Å². The van der Waals surface area contributed by atoms with E-state index in [0.717, 1.165) is 22.6 Å². The molecular weight excluding hydrogens is 302 g/mol. The molecule has 0 fully saturated rings. The maximum atomic E-state index is 6.33. The maximum Gasteiger partial charge on any atom is 0.162 e. The highest BCUT2D eigenvalue weighted by molar-refractivity contribution is 5.62. The van der Waals surface area contributed by atoms with Gasteiger partial charge in [-0.3, -0.25) is 0 Å². The first-order valence-electron chi connectivity index (χ1n) is 7.76. The SMILES string of the molecule is COc1cc(N)c(C(c2ccccc2)c2ccc(C)o2)cc1OC. The molecule has 124 valence electrons. The zero-order chi connectivity index (χ0) is 17.1. The molecule has 0 radical (unpaired) electrons. The minimum Gasteiger partial charge on any atom is -0.493 e. The Bertz CT molecular complexity index is 824. The van der Waals surface area contributed by atoms with Gasteiger partial charge in [0.05, 0.1) is 20.1 Å². The van der Waals surface area contributed by atoms with Gasteiger partial charge in [0.25, 0.3) is 0 Å². The summed E-state index contributed by atoms with van der Waals surface area (Å²) in [5.41, 5.74) is 8.99. The van der Waals surface area contributed by atoms with Gasteiger partial charge >= 0.3 is 0 Å². The van der Waals surface area contributed by atoms with E-state index < -0.39 is 0 Å². The number of nitrogens with two attached hydrogens (primary N) is 1. The van der Waals surface area contributed by atoms with Crippen molar-refractivity contribution in [3.8, 4) is 11.5 Å². The maximum absolute atomic E-state index is 6.33. The molecule has 4 nitrogen and oxygen atoms in total. The van der Waals surface area contributed by atoms with Crippen molar-refractivity contribution in [1.82, 2.24) is 0 Å². The molecule has 3 aromatic rings. The monoisotopic (exact) mass is 323 g/mol. The first kappa shape index (κ1) is 16.0. The lowest BCUT2D eigenvalue weighted by molar-refractivity contribution is 0.354. The normalized spacial score (nSPS) is 12.0. The summed E-state index contributed by atoms with van der Waals surface area (Å²) in [4.78, 5) is 0. The zero-order valence-electron chi connectivity index (χ0n) is 14.1. The van der Waals surface area contributed by atoms with E-state index in [-0.39, 0.29) is 5.92 Å². The Morgan fingerprint density at radius 3 is 2.17 bits per heavy atom. The summed E-state index contributed by atoms with van der Waals surface area (Å²) < 4.78 is 16.7. The molecule has 0 spiro atoms. The van der Waals surface area contributed by atoms with Crippen LogP contribution in [0.25, 0.3) is 0 Å². The van der Waals surface area contributed by atoms with E-state index in [0.29, 0.717) is 17.2 Å². The number of nitrogen functional groups attached to an aromatic ring is 1. The van der Waals surface area contributed by atoms with Gasteiger partial charge in [-0.1, -0.05) is 30.3 Å². The molecule has 0 aliphatic rings. The molecule has 4 heteroatoms. The van der Waals surface area contributed by atoms with Crippen molar-refractivity contribution in [3.63, 3.8) is 0 Å². The first-order valence-corrected chi connectivity index (χ1v) is 7.76. The van der Waals surface area contributed by atoms with Gasteiger partial charge in [-0.05, 0) is 36.2 Å². The molecule has 24 heavy (non-hydrogen) atoms. The molecule has 0 aliphatic heterocycles. The van der Waals surface area contributed by atoms with Crippen LogP contribution in [0.1, 0.15) is 28.6 Å². The fourth-order valence-electron chi connectivity index (χ4n) is 2.91. The molecule has 1 atom stereocenters. The third-order valence-corrected chi connectivity index (χ3v) is 4.08. The van der Waals surface area contributed by atoms with Crippen molar-refractivity contribution in [2.75, 3.05) is 20.0 Å². The molecular formula is C20H21NO3. The molecule has 0 saturated heterocycles. The second-order valence-corrected chi connectivity index (χ2v) is 5.63. The highest BCUT2D eigenvalue weighted by atomic mass is 16.5. The summed E-state index contributed by atoms with van der Waals surface area (Å²) in [5, 5.41) is 0.